The molecule has 104 valence electrons. The molecule has 2 atom stereocenters. The van der Waals surface area contributed by atoms with Crippen LogP contribution < -0.4 is 5.32 Å². The SMILES string of the molecule is CC(C)(C)C1CCCCC1NC(=O)c1cccnc1. The summed E-state index contributed by atoms with van der Waals surface area (Å²) in [4.78, 5) is 16.2. The first-order chi connectivity index (χ1) is 8.98. The van der Waals surface area contributed by atoms with E-state index in [1.165, 1.54) is 19.3 Å². The number of nitrogens with zero attached hydrogens (tertiary/aromatic N) is 1. The molecule has 2 unspecified atom stereocenters. The summed E-state index contributed by atoms with van der Waals surface area (Å²) in [5, 5.41) is 3.21. The van der Waals surface area contributed by atoms with Gasteiger partial charge >= 0.3 is 0 Å². The lowest BCUT2D eigenvalue weighted by atomic mass is 9.69. The van der Waals surface area contributed by atoms with Gasteiger partial charge in [-0.05, 0) is 36.3 Å². The van der Waals surface area contributed by atoms with E-state index in [1.54, 1.807) is 18.5 Å². The van der Waals surface area contributed by atoms with Crippen LogP contribution in [0.5, 0.6) is 0 Å². The maximum atomic E-state index is 12.2. The molecule has 1 fully saturated rings. The van der Waals surface area contributed by atoms with Gasteiger partial charge in [0.25, 0.3) is 5.91 Å². The Kier molecular flexibility index (Phi) is 4.23. The van der Waals surface area contributed by atoms with Gasteiger partial charge in [0.1, 0.15) is 0 Å². The van der Waals surface area contributed by atoms with E-state index in [0.717, 1.165) is 6.42 Å². The molecule has 3 nitrogen and oxygen atoms in total. The molecule has 1 N–H and O–H groups in total. The minimum Gasteiger partial charge on any atom is -0.349 e. The van der Waals surface area contributed by atoms with Crippen LogP contribution in [0.4, 0.5) is 0 Å². The maximum Gasteiger partial charge on any atom is 0.253 e. The molecule has 19 heavy (non-hydrogen) atoms. The number of amides is 1. The van der Waals surface area contributed by atoms with Crippen molar-refractivity contribution in [2.75, 3.05) is 0 Å². The van der Waals surface area contributed by atoms with Crippen molar-refractivity contribution >= 4 is 5.91 Å². The minimum absolute atomic E-state index is 0.00856. The van der Waals surface area contributed by atoms with Crippen LogP contribution in [-0.4, -0.2) is 16.9 Å². The molecule has 0 spiro atoms. The Labute approximate surface area is 115 Å². The zero-order valence-electron chi connectivity index (χ0n) is 12.1. The monoisotopic (exact) mass is 260 g/mol. The standard InChI is InChI=1S/C16H24N2O/c1-16(2,3)13-8-4-5-9-14(13)18-15(19)12-7-6-10-17-11-12/h6-7,10-11,13-14H,4-5,8-9H2,1-3H3,(H,18,19). The molecular formula is C16H24N2O. The maximum absolute atomic E-state index is 12.2. The fraction of sp³-hybridized carbons (Fsp3) is 0.625. The predicted octanol–water partition coefficient (Wildman–Crippen LogP) is 3.42. The van der Waals surface area contributed by atoms with Gasteiger partial charge in [-0.15, -0.1) is 0 Å². The third kappa shape index (κ3) is 3.55. The van der Waals surface area contributed by atoms with Crippen LogP contribution in [0, 0.1) is 11.3 Å². The minimum atomic E-state index is 0.00856. The molecular weight excluding hydrogens is 236 g/mol. The summed E-state index contributed by atoms with van der Waals surface area (Å²) in [6.07, 6.45) is 8.11. The molecule has 0 saturated heterocycles. The Balaban J connectivity index is 2.06. The highest BCUT2D eigenvalue weighted by Crippen LogP contribution is 2.38. The van der Waals surface area contributed by atoms with E-state index >= 15 is 0 Å². The van der Waals surface area contributed by atoms with Crippen molar-refractivity contribution in [3.8, 4) is 0 Å². The second kappa shape index (κ2) is 5.72. The summed E-state index contributed by atoms with van der Waals surface area (Å²) in [6, 6.07) is 3.91. The Hall–Kier alpha value is -1.38. The van der Waals surface area contributed by atoms with Crippen molar-refractivity contribution in [2.24, 2.45) is 11.3 Å². The van der Waals surface area contributed by atoms with E-state index in [1.807, 2.05) is 6.07 Å². The molecule has 0 aromatic carbocycles. The van der Waals surface area contributed by atoms with Crippen LogP contribution in [0.25, 0.3) is 0 Å². The fourth-order valence-corrected chi connectivity index (χ4v) is 3.09. The smallest absolute Gasteiger partial charge is 0.253 e. The van der Waals surface area contributed by atoms with Gasteiger partial charge in [-0.1, -0.05) is 33.6 Å². The number of hydrogen-bond donors (Lipinski definition) is 1. The fourth-order valence-electron chi connectivity index (χ4n) is 3.09. The van der Waals surface area contributed by atoms with Crippen molar-refractivity contribution in [1.29, 1.82) is 0 Å². The number of hydrogen-bond acceptors (Lipinski definition) is 2. The molecule has 1 aliphatic carbocycles. The van der Waals surface area contributed by atoms with Crippen molar-refractivity contribution in [2.45, 2.75) is 52.5 Å². The van der Waals surface area contributed by atoms with Gasteiger partial charge in [-0.3, -0.25) is 9.78 Å². The van der Waals surface area contributed by atoms with Gasteiger partial charge in [0.05, 0.1) is 5.56 Å². The summed E-state index contributed by atoms with van der Waals surface area (Å²) < 4.78 is 0. The van der Waals surface area contributed by atoms with E-state index in [-0.39, 0.29) is 11.3 Å². The highest BCUT2D eigenvalue weighted by Gasteiger charge is 2.34. The summed E-state index contributed by atoms with van der Waals surface area (Å²) in [6.45, 7) is 6.81. The lowest BCUT2D eigenvalue weighted by Gasteiger charge is -2.40. The van der Waals surface area contributed by atoms with Crippen LogP contribution in [0.3, 0.4) is 0 Å². The van der Waals surface area contributed by atoms with Gasteiger partial charge in [0.2, 0.25) is 0 Å². The quantitative estimate of drug-likeness (QED) is 0.885. The highest BCUT2D eigenvalue weighted by atomic mass is 16.1. The number of carbonyl (C=O) groups is 1. The molecule has 1 aliphatic rings. The first-order valence-corrected chi connectivity index (χ1v) is 7.19. The van der Waals surface area contributed by atoms with Gasteiger partial charge in [-0.2, -0.15) is 0 Å². The van der Waals surface area contributed by atoms with Crippen LogP contribution in [0.1, 0.15) is 56.8 Å². The third-order valence-corrected chi connectivity index (χ3v) is 4.12. The normalized spacial score (nSPS) is 23.9. The molecule has 0 bridgehead atoms. The molecule has 0 aliphatic heterocycles. The molecule has 1 aromatic heterocycles. The summed E-state index contributed by atoms with van der Waals surface area (Å²) in [5.41, 5.74) is 0.897. The predicted molar refractivity (Wildman–Crippen MR) is 76.9 cm³/mol. The zero-order chi connectivity index (χ0) is 13.9. The Bertz CT molecular complexity index is 422. The molecule has 1 amide bonds. The van der Waals surface area contributed by atoms with Crippen LogP contribution >= 0.6 is 0 Å². The molecule has 1 aromatic rings. The number of nitrogens with one attached hydrogen (secondary N) is 1. The van der Waals surface area contributed by atoms with Gasteiger partial charge in [0, 0.05) is 18.4 Å². The highest BCUT2D eigenvalue weighted by molar-refractivity contribution is 5.94. The molecule has 0 radical (unpaired) electrons. The Morgan fingerprint density at radius 1 is 1.32 bits per heavy atom. The summed E-state index contributed by atoms with van der Waals surface area (Å²) in [7, 11) is 0. The molecule has 3 heteroatoms. The van der Waals surface area contributed by atoms with Crippen LogP contribution in [0.15, 0.2) is 24.5 Å². The number of pyridine rings is 1. The molecule has 1 saturated carbocycles. The molecule has 1 heterocycles. The van der Waals surface area contributed by atoms with Crippen molar-refractivity contribution in [1.82, 2.24) is 10.3 Å². The number of aromatic nitrogens is 1. The summed E-state index contributed by atoms with van der Waals surface area (Å²) >= 11 is 0. The topological polar surface area (TPSA) is 42.0 Å². The first-order valence-electron chi connectivity index (χ1n) is 7.19. The van der Waals surface area contributed by atoms with E-state index in [0.29, 0.717) is 17.5 Å². The van der Waals surface area contributed by atoms with E-state index in [2.05, 4.69) is 31.1 Å². The van der Waals surface area contributed by atoms with Gasteiger partial charge in [-0.25, -0.2) is 0 Å². The first kappa shape index (κ1) is 14.0. The average molecular weight is 260 g/mol. The molecule has 2 rings (SSSR count). The number of carbonyl (C=O) groups excluding carboxylic acids is 1. The second-order valence-corrected chi connectivity index (χ2v) is 6.58. The Morgan fingerprint density at radius 2 is 2.05 bits per heavy atom. The summed E-state index contributed by atoms with van der Waals surface area (Å²) in [5.74, 6) is 0.566. The Morgan fingerprint density at radius 3 is 2.68 bits per heavy atom. The van der Waals surface area contributed by atoms with Crippen molar-refractivity contribution in [3.05, 3.63) is 30.1 Å². The van der Waals surface area contributed by atoms with E-state index in [9.17, 15) is 4.79 Å². The van der Waals surface area contributed by atoms with Crippen molar-refractivity contribution < 1.29 is 4.79 Å². The second-order valence-electron chi connectivity index (χ2n) is 6.58. The lowest BCUT2D eigenvalue weighted by molar-refractivity contribution is 0.0829. The third-order valence-electron chi connectivity index (χ3n) is 4.12. The van der Waals surface area contributed by atoms with E-state index < -0.39 is 0 Å². The largest absolute Gasteiger partial charge is 0.349 e. The van der Waals surface area contributed by atoms with Gasteiger partial charge < -0.3 is 5.32 Å². The average Bonchev–Trinajstić information content (AvgIpc) is 2.39. The van der Waals surface area contributed by atoms with E-state index in [4.69, 9.17) is 0 Å². The van der Waals surface area contributed by atoms with Crippen LogP contribution in [0.2, 0.25) is 0 Å². The number of rotatable bonds is 2. The lowest BCUT2D eigenvalue weighted by Crippen LogP contribution is -2.46. The van der Waals surface area contributed by atoms with Crippen LogP contribution in [-0.2, 0) is 0 Å². The van der Waals surface area contributed by atoms with Gasteiger partial charge in [0.15, 0.2) is 0 Å². The zero-order valence-corrected chi connectivity index (χ0v) is 12.1. The van der Waals surface area contributed by atoms with Crippen molar-refractivity contribution in [3.63, 3.8) is 0 Å².